The predicted molar refractivity (Wildman–Crippen MR) is 104 cm³/mol. The molecule has 2 aromatic carbocycles. The van der Waals surface area contributed by atoms with Crippen LogP contribution in [0.15, 0.2) is 59.1 Å². The normalized spacial score (nSPS) is 15.1. The number of phenolic OH excluding ortho intramolecular Hbond substituents is 1. The molecule has 0 saturated carbocycles. The van der Waals surface area contributed by atoms with Crippen molar-refractivity contribution in [3.63, 3.8) is 0 Å². The molecule has 1 aliphatic heterocycles. The summed E-state index contributed by atoms with van der Waals surface area (Å²) in [4.78, 5) is 4.69. The van der Waals surface area contributed by atoms with Crippen molar-refractivity contribution in [3.8, 4) is 22.8 Å². The number of hydrogen-bond acceptors (Lipinski definition) is 6. The van der Waals surface area contributed by atoms with Crippen molar-refractivity contribution in [2.45, 2.75) is 6.54 Å². The number of para-hydroxylation sites is 1. The lowest BCUT2D eigenvalue weighted by molar-refractivity contribution is 0.220. The number of aromatic nitrogens is 1. The summed E-state index contributed by atoms with van der Waals surface area (Å²) >= 11 is 0. The maximum Gasteiger partial charge on any atom is 0.151 e. The molecule has 27 heavy (non-hydrogen) atoms. The van der Waals surface area contributed by atoms with Gasteiger partial charge in [0.1, 0.15) is 17.2 Å². The summed E-state index contributed by atoms with van der Waals surface area (Å²) in [5.74, 6) is 1.95. The third kappa shape index (κ3) is 3.90. The maximum absolute atomic E-state index is 9.43. The van der Waals surface area contributed by atoms with Crippen LogP contribution in [-0.2, 0) is 6.54 Å². The van der Waals surface area contributed by atoms with Gasteiger partial charge in [-0.2, -0.15) is 0 Å². The van der Waals surface area contributed by atoms with Gasteiger partial charge in [-0.05, 0) is 36.4 Å². The van der Waals surface area contributed by atoms with E-state index < -0.39 is 0 Å². The van der Waals surface area contributed by atoms with E-state index >= 15 is 0 Å². The van der Waals surface area contributed by atoms with E-state index in [9.17, 15) is 5.11 Å². The van der Waals surface area contributed by atoms with Gasteiger partial charge in [-0.1, -0.05) is 17.3 Å². The van der Waals surface area contributed by atoms with Crippen LogP contribution < -0.4 is 9.64 Å². The van der Waals surface area contributed by atoms with Gasteiger partial charge >= 0.3 is 0 Å². The molecule has 1 aliphatic rings. The molecule has 2 heterocycles. The van der Waals surface area contributed by atoms with Crippen LogP contribution in [0.25, 0.3) is 11.3 Å². The van der Waals surface area contributed by atoms with E-state index in [1.807, 2.05) is 42.5 Å². The minimum absolute atomic E-state index is 0.300. The maximum atomic E-state index is 9.43. The average molecular weight is 365 g/mol. The topological polar surface area (TPSA) is 62.0 Å². The van der Waals surface area contributed by atoms with E-state index in [4.69, 9.17) is 9.26 Å². The molecule has 3 aromatic rings. The second kappa shape index (κ2) is 7.72. The van der Waals surface area contributed by atoms with Crippen molar-refractivity contribution in [1.82, 2.24) is 10.1 Å². The molecule has 4 rings (SSSR count). The minimum atomic E-state index is 0.300. The molecule has 0 atom stereocenters. The molecule has 1 fully saturated rings. The lowest BCUT2D eigenvalue weighted by atomic mass is 10.1. The molecule has 6 heteroatoms. The van der Waals surface area contributed by atoms with Crippen LogP contribution in [0.2, 0.25) is 0 Å². The molecule has 1 aromatic heterocycles. The first-order valence-electron chi connectivity index (χ1n) is 9.08. The lowest BCUT2D eigenvalue weighted by Gasteiger charge is -2.35. The highest BCUT2D eigenvalue weighted by Gasteiger charge is 2.19. The van der Waals surface area contributed by atoms with Crippen molar-refractivity contribution in [1.29, 1.82) is 0 Å². The predicted octanol–water partition coefficient (Wildman–Crippen LogP) is 3.38. The van der Waals surface area contributed by atoms with Crippen LogP contribution in [0.4, 0.5) is 5.69 Å². The van der Waals surface area contributed by atoms with Gasteiger partial charge in [0.25, 0.3) is 0 Å². The summed E-state index contributed by atoms with van der Waals surface area (Å²) in [5.41, 5.74) is 2.88. The summed E-state index contributed by atoms with van der Waals surface area (Å²) in [6.45, 7) is 4.53. The Morgan fingerprint density at radius 1 is 1.04 bits per heavy atom. The van der Waals surface area contributed by atoms with Crippen LogP contribution in [0.5, 0.6) is 11.5 Å². The van der Waals surface area contributed by atoms with Gasteiger partial charge in [-0.15, -0.1) is 0 Å². The number of phenols is 1. The quantitative estimate of drug-likeness (QED) is 0.748. The van der Waals surface area contributed by atoms with Gasteiger partial charge in [0.05, 0.1) is 13.7 Å². The Labute approximate surface area is 158 Å². The monoisotopic (exact) mass is 365 g/mol. The second-order valence-corrected chi connectivity index (χ2v) is 6.66. The van der Waals surface area contributed by atoms with Crippen LogP contribution in [0, 0.1) is 0 Å². The van der Waals surface area contributed by atoms with Gasteiger partial charge in [-0.25, -0.2) is 0 Å². The van der Waals surface area contributed by atoms with Gasteiger partial charge in [0, 0.05) is 43.5 Å². The van der Waals surface area contributed by atoms with Crippen LogP contribution in [0.3, 0.4) is 0 Å². The number of ether oxygens (including phenoxy) is 1. The number of benzene rings is 2. The molecule has 0 unspecified atom stereocenters. The van der Waals surface area contributed by atoms with Gasteiger partial charge in [-0.3, -0.25) is 4.90 Å². The van der Waals surface area contributed by atoms with Crippen molar-refractivity contribution < 1.29 is 14.4 Å². The Balaban J connectivity index is 1.37. The summed E-state index contributed by atoms with van der Waals surface area (Å²) in [6, 6.07) is 17.2. The minimum Gasteiger partial charge on any atom is -0.508 e. The first-order chi connectivity index (χ1) is 13.2. The summed E-state index contributed by atoms with van der Waals surface area (Å²) < 4.78 is 11.0. The third-order valence-corrected chi connectivity index (χ3v) is 4.91. The summed E-state index contributed by atoms with van der Waals surface area (Å²) in [6.07, 6.45) is 0. The molecule has 0 bridgehead atoms. The van der Waals surface area contributed by atoms with Crippen molar-refractivity contribution in [2.24, 2.45) is 0 Å². The number of nitrogens with zero attached hydrogens (tertiary/aromatic N) is 3. The number of anilines is 1. The average Bonchev–Trinajstić information content (AvgIpc) is 3.17. The molecule has 140 valence electrons. The molecule has 0 spiro atoms. The Morgan fingerprint density at radius 3 is 2.52 bits per heavy atom. The molecule has 1 N–H and O–H groups in total. The van der Waals surface area contributed by atoms with Crippen LogP contribution in [-0.4, -0.2) is 48.5 Å². The van der Waals surface area contributed by atoms with E-state index in [0.29, 0.717) is 5.75 Å². The van der Waals surface area contributed by atoms with Gasteiger partial charge < -0.3 is 19.3 Å². The lowest BCUT2D eigenvalue weighted by Crippen LogP contribution is -2.45. The van der Waals surface area contributed by atoms with Crippen LogP contribution in [0.1, 0.15) is 5.76 Å². The summed E-state index contributed by atoms with van der Waals surface area (Å²) in [5, 5.41) is 13.6. The number of rotatable bonds is 5. The Hall–Kier alpha value is -2.99. The number of methoxy groups -OCH3 is 1. The fourth-order valence-electron chi connectivity index (χ4n) is 3.42. The molecular formula is C21H23N3O3. The number of aromatic hydroxyl groups is 1. The fraction of sp³-hybridized carbons (Fsp3) is 0.286. The molecule has 1 saturated heterocycles. The SMILES string of the molecule is COc1ccccc1-c1cc(CN2CCN(c3ccc(O)cc3)CC2)on1. The van der Waals surface area contributed by atoms with E-state index in [-0.39, 0.29) is 0 Å². The highest BCUT2D eigenvalue weighted by molar-refractivity contribution is 5.66. The number of piperazine rings is 1. The van der Waals surface area contributed by atoms with E-state index in [1.165, 1.54) is 0 Å². The van der Waals surface area contributed by atoms with E-state index in [0.717, 1.165) is 61.2 Å². The zero-order chi connectivity index (χ0) is 18.6. The third-order valence-electron chi connectivity index (χ3n) is 4.91. The largest absolute Gasteiger partial charge is 0.508 e. The Kier molecular flexibility index (Phi) is 4.98. The Bertz CT molecular complexity index is 884. The van der Waals surface area contributed by atoms with E-state index in [2.05, 4.69) is 15.0 Å². The number of hydrogen-bond donors (Lipinski definition) is 1. The molecule has 0 amide bonds. The van der Waals surface area contributed by atoms with E-state index in [1.54, 1.807) is 19.2 Å². The van der Waals surface area contributed by atoms with Crippen molar-refractivity contribution in [3.05, 3.63) is 60.4 Å². The van der Waals surface area contributed by atoms with Crippen LogP contribution >= 0.6 is 0 Å². The van der Waals surface area contributed by atoms with Crippen molar-refractivity contribution in [2.75, 3.05) is 38.2 Å². The summed E-state index contributed by atoms with van der Waals surface area (Å²) in [7, 11) is 1.66. The molecule has 0 aliphatic carbocycles. The Morgan fingerprint density at radius 2 is 1.78 bits per heavy atom. The highest BCUT2D eigenvalue weighted by Crippen LogP contribution is 2.29. The first-order valence-corrected chi connectivity index (χ1v) is 9.08. The zero-order valence-corrected chi connectivity index (χ0v) is 15.3. The smallest absolute Gasteiger partial charge is 0.151 e. The zero-order valence-electron chi connectivity index (χ0n) is 15.3. The second-order valence-electron chi connectivity index (χ2n) is 6.66. The highest BCUT2D eigenvalue weighted by atomic mass is 16.5. The molecular weight excluding hydrogens is 342 g/mol. The standard InChI is InChI=1S/C21H23N3O3/c1-26-21-5-3-2-4-19(21)20-14-18(27-22-20)15-23-10-12-24(13-11-23)16-6-8-17(25)9-7-16/h2-9,14,25H,10-13,15H2,1H3. The first kappa shape index (κ1) is 17.4. The molecule has 0 radical (unpaired) electrons. The molecule has 6 nitrogen and oxygen atoms in total. The fourth-order valence-corrected chi connectivity index (χ4v) is 3.42. The van der Waals surface area contributed by atoms with Gasteiger partial charge in [0.15, 0.2) is 5.76 Å². The van der Waals surface area contributed by atoms with Gasteiger partial charge in [0.2, 0.25) is 0 Å². The van der Waals surface area contributed by atoms with Crippen molar-refractivity contribution >= 4 is 5.69 Å².